The number of halogens is 1. The first-order valence-corrected chi connectivity index (χ1v) is 6.18. The lowest BCUT2D eigenvalue weighted by molar-refractivity contribution is 0.628. The molecule has 2 aromatic rings. The predicted octanol–water partition coefficient (Wildman–Crippen LogP) is 3.22. The number of thiocarbonyl (C=S) groups is 1. The summed E-state index contributed by atoms with van der Waals surface area (Å²) < 4.78 is 13.2. The van der Waals surface area contributed by atoms with Crippen LogP contribution in [0.15, 0.2) is 30.3 Å². The molecule has 5 heteroatoms. The minimum atomic E-state index is -0.296. The van der Waals surface area contributed by atoms with Gasteiger partial charge in [-0.2, -0.15) is 0 Å². The Labute approximate surface area is 116 Å². The van der Waals surface area contributed by atoms with Crippen molar-refractivity contribution in [2.45, 2.75) is 13.8 Å². The van der Waals surface area contributed by atoms with E-state index in [1.54, 1.807) is 12.1 Å². The SMILES string of the molecule is Cc1cc(C(N)=S)cc(Nc2cc(F)ccc2C)n1. The van der Waals surface area contributed by atoms with E-state index < -0.39 is 0 Å². The molecule has 1 aromatic carbocycles. The lowest BCUT2D eigenvalue weighted by atomic mass is 10.2. The van der Waals surface area contributed by atoms with Crippen molar-refractivity contribution in [2.24, 2.45) is 5.73 Å². The summed E-state index contributed by atoms with van der Waals surface area (Å²) in [4.78, 5) is 4.64. The first kappa shape index (κ1) is 13.4. The molecule has 2 rings (SSSR count). The Hall–Kier alpha value is -2.01. The number of rotatable bonds is 3. The van der Waals surface area contributed by atoms with Gasteiger partial charge in [-0.15, -0.1) is 0 Å². The lowest BCUT2D eigenvalue weighted by Crippen LogP contribution is -2.11. The van der Waals surface area contributed by atoms with Crippen molar-refractivity contribution in [3.63, 3.8) is 0 Å². The summed E-state index contributed by atoms with van der Waals surface area (Å²) in [5.41, 5.74) is 8.75. The molecule has 0 unspecified atom stereocenters. The Morgan fingerprint density at radius 2 is 2.00 bits per heavy atom. The molecular formula is C14H14FN3S. The molecule has 0 fully saturated rings. The number of nitrogens with zero attached hydrogens (tertiary/aromatic N) is 1. The van der Waals surface area contributed by atoms with Gasteiger partial charge in [0.25, 0.3) is 0 Å². The molecule has 0 aliphatic carbocycles. The van der Waals surface area contributed by atoms with E-state index in [-0.39, 0.29) is 5.82 Å². The molecule has 0 radical (unpaired) electrons. The third-order valence-electron chi connectivity index (χ3n) is 2.70. The summed E-state index contributed by atoms with van der Waals surface area (Å²) in [5, 5.41) is 3.08. The molecule has 0 atom stereocenters. The first-order chi connectivity index (χ1) is 8.95. The third kappa shape index (κ3) is 3.26. The fourth-order valence-corrected chi connectivity index (χ4v) is 1.86. The summed E-state index contributed by atoms with van der Waals surface area (Å²) in [6.45, 7) is 3.75. The van der Waals surface area contributed by atoms with E-state index in [1.165, 1.54) is 12.1 Å². The maximum atomic E-state index is 13.2. The van der Waals surface area contributed by atoms with Crippen LogP contribution in [0.1, 0.15) is 16.8 Å². The van der Waals surface area contributed by atoms with Crippen LogP contribution in [0.25, 0.3) is 0 Å². The largest absolute Gasteiger partial charge is 0.389 e. The van der Waals surface area contributed by atoms with Crippen LogP contribution in [0.2, 0.25) is 0 Å². The van der Waals surface area contributed by atoms with Gasteiger partial charge in [0.15, 0.2) is 0 Å². The highest BCUT2D eigenvalue weighted by Gasteiger charge is 2.05. The van der Waals surface area contributed by atoms with Crippen LogP contribution in [0, 0.1) is 19.7 Å². The molecule has 1 aromatic heterocycles. The first-order valence-electron chi connectivity index (χ1n) is 5.77. The van der Waals surface area contributed by atoms with Crippen LogP contribution >= 0.6 is 12.2 Å². The van der Waals surface area contributed by atoms with Crippen LogP contribution in [-0.4, -0.2) is 9.97 Å². The highest BCUT2D eigenvalue weighted by atomic mass is 32.1. The number of pyridine rings is 1. The fraction of sp³-hybridized carbons (Fsp3) is 0.143. The molecule has 0 spiro atoms. The van der Waals surface area contributed by atoms with Crippen LogP contribution in [0.5, 0.6) is 0 Å². The Morgan fingerprint density at radius 1 is 1.26 bits per heavy atom. The van der Waals surface area contributed by atoms with Gasteiger partial charge in [-0.1, -0.05) is 18.3 Å². The number of benzene rings is 1. The van der Waals surface area contributed by atoms with Crippen molar-refractivity contribution >= 4 is 28.7 Å². The van der Waals surface area contributed by atoms with Crippen LogP contribution in [0.4, 0.5) is 15.9 Å². The predicted molar refractivity (Wildman–Crippen MR) is 79.3 cm³/mol. The van der Waals surface area contributed by atoms with Crippen molar-refractivity contribution in [3.05, 3.63) is 53.0 Å². The molecule has 0 amide bonds. The fourth-order valence-electron chi connectivity index (χ4n) is 1.74. The molecule has 0 aliphatic heterocycles. The average molecular weight is 275 g/mol. The quantitative estimate of drug-likeness (QED) is 0.845. The number of nitrogens with one attached hydrogen (secondary N) is 1. The summed E-state index contributed by atoms with van der Waals surface area (Å²) in [5.74, 6) is 0.298. The summed E-state index contributed by atoms with van der Waals surface area (Å²) >= 11 is 4.95. The molecule has 3 N–H and O–H groups in total. The average Bonchev–Trinajstić information content (AvgIpc) is 2.33. The zero-order valence-electron chi connectivity index (χ0n) is 10.7. The number of nitrogens with two attached hydrogens (primary N) is 1. The molecule has 19 heavy (non-hydrogen) atoms. The maximum Gasteiger partial charge on any atom is 0.131 e. The molecule has 0 saturated carbocycles. The van der Waals surface area contributed by atoms with E-state index >= 15 is 0 Å². The molecular weight excluding hydrogens is 261 g/mol. The Kier molecular flexibility index (Phi) is 3.76. The standard InChI is InChI=1S/C14H14FN3S/c1-8-3-4-11(15)7-12(8)18-13-6-10(14(16)19)5-9(2)17-13/h3-7H,1-2H3,(H2,16,19)(H,17,18). The minimum absolute atomic E-state index is 0.296. The van der Waals surface area contributed by atoms with E-state index in [4.69, 9.17) is 18.0 Å². The minimum Gasteiger partial charge on any atom is -0.389 e. The van der Waals surface area contributed by atoms with E-state index in [9.17, 15) is 4.39 Å². The summed E-state index contributed by atoms with van der Waals surface area (Å²) in [6.07, 6.45) is 0. The zero-order valence-corrected chi connectivity index (χ0v) is 11.5. The van der Waals surface area contributed by atoms with Gasteiger partial charge >= 0.3 is 0 Å². The summed E-state index contributed by atoms with van der Waals surface area (Å²) in [6, 6.07) is 8.12. The topological polar surface area (TPSA) is 50.9 Å². The van der Waals surface area contributed by atoms with Gasteiger partial charge in [0, 0.05) is 16.9 Å². The van der Waals surface area contributed by atoms with Crippen molar-refractivity contribution in [3.8, 4) is 0 Å². The van der Waals surface area contributed by atoms with Crippen LogP contribution in [-0.2, 0) is 0 Å². The van der Waals surface area contributed by atoms with Crippen molar-refractivity contribution in [1.29, 1.82) is 0 Å². The van der Waals surface area contributed by atoms with Crippen molar-refractivity contribution < 1.29 is 4.39 Å². The van der Waals surface area contributed by atoms with Gasteiger partial charge in [-0.3, -0.25) is 0 Å². The Bertz CT molecular complexity index is 641. The lowest BCUT2D eigenvalue weighted by Gasteiger charge is -2.11. The van der Waals surface area contributed by atoms with E-state index in [0.717, 1.165) is 16.8 Å². The Morgan fingerprint density at radius 3 is 2.68 bits per heavy atom. The second-order valence-electron chi connectivity index (χ2n) is 4.33. The monoisotopic (exact) mass is 275 g/mol. The number of aromatic nitrogens is 1. The van der Waals surface area contributed by atoms with Gasteiger partial charge in [-0.25, -0.2) is 9.37 Å². The molecule has 98 valence electrons. The van der Waals surface area contributed by atoms with Crippen molar-refractivity contribution in [2.75, 3.05) is 5.32 Å². The number of hydrogen-bond acceptors (Lipinski definition) is 3. The van der Waals surface area contributed by atoms with Crippen molar-refractivity contribution in [1.82, 2.24) is 4.98 Å². The Balaban J connectivity index is 2.38. The second kappa shape index (κ2) is 5.32. The van der Waals surface area contributed by atoms with Crippen LogP contribution in [0.3, 0.4) is 0 Å². The number of anilines is 2. The molecule has 0 bridgehead atoms. The van der Waals surface area contributed by atoms with Gasteiger partial charge in [0.05, 0.1) is 0 Å². The molecule has 0 saturated heterocycles. The number of hydrogen-bond donors (Lipinski definition) is 2. The molecule has 1 heterocycles. The van der Waals surface area contributed by atoms with E-state index in [2.05, 4.69) is 10.3 Å². The third-order valence-corrected chi connectivity index (χ3v) is 2.94. The normalized spacial score (nSPS) is 10.3. The van der Waals surface area contributed by atoms with Gasteiger partial charge in [0.1, 0.15) is 16.6 Å². The highest BCUT2D eigenvalue weighted by Crippen LogP contribution is 2.21. The highest BCUT2D eigenvalue weighted by molar-refractivity contribution is 7.80. The van der Waals surface area contributed by atoms with E-state index in [0.29, 0.717) is 16.5 Å². The smallest absolute Gasteiger partial charge is 0.131 e. The number of aryl methyl sites for hydroxylation is 2. The second-order valence-corrected chi connectivity index (χ2v) is 4.77. The van der Waals surface area contributed by atoms with Gasteiger partial charge < -0.3 is 11.1 Å². The summed E-state index contributed by atoms with van der Waals surface area (Å²) in [7, 11) is 0. The van der Waals surface area contributed by atoms with Gasteiger partial charge in [0.2, 0.25) is 0 Å². The van der Waals surface area contributed by atoms with Crippen LogP contribution < -0.4 is 11.1 Å². The molecule has 0 aliphatic rings. The maximum absolute atomic E-state index is 13.2. The van der Waals surface area contributed by atoms with E-state index in [1.807, 2.05) is 19.9 Å². The van der Waals surface area contributed by atoms with Gasteiger partial charge in [-0.05, 0) is 43.7 Å². The molecule has 3 nitrogen and oxygen atoms in total. The zero-order chi connectivity index (χ0) is 14.0.